The molecule has 3 N–H and O–H groups in total. The number of Topliss-reactive ketones (excluding diaryl/α,β-unsaturated/α-hetero) is 1. The Morgan fingerprint density at radius 1 is 0.978 bits per heavy atom. The summed E-state index contributed by atoms with van der Waals surface area (Å²) in [5.41, 5.74) is 6.94. The first-order chi connectivity index (χ1) is 22.1. The molecule has 0 aromatic heterocycles. The number of ketones is 2. The molecule has 0 spiro atoms. The van der Waals surface area contributed by atoms with E-state index in [0.717, 1.165) is 5.57 Å². The Bertz CT molecular complexity index is 1900. The van der Waals surface area contributed by atoms with Gasteiger partial charge in [-0.25, -0.2) is 4.79 Å². The van der Waals surface area contributed by atoms with Crippen molar-refractivity contribution in [3.05, 3.63) is 111 Å². The van der Waals surface area contributed by atoms with Crippen LogP contribution in [0.25, 0.3) is 5.57 Å². The van der Waals surface area contributed by atoms with Crippen LogP contribution in [0.15, 0.2) is 90.5 Å². The van der Waals surface area contributed by atoms with Crippen LogP contribution in [0.4, 0.5) is 4.79 Å². The predicted octanol–water partition coefficient (Wildman–Crippen LogP) is 4.91. The lowest BCUT2D eigenvalue weighted by atomic mass is 9.44. The fourth-order valence-corrected chi connectivity index (χ4v) is 9.01. The summed E-state index contributed by atoms with van der Waals surface area (Å²) in [5.74, 6) is -5.80. The number of phenolic OH excluding ortho intramolecular Hbond substituents is 1. The Morgan fingerprint density at radius 2 is 1.65 bits per heavy atom. The monoisotopic (exact) mass is 728 g/mol. The molecule has 4 amide bonds. The number of aromatic hydroxyl groups is 1. The van der Waals surface area contributed by atoms with Crippen molar-refractivity contribution < 1.29 is 33.8 Å². The van der Waals surface area contributed by atoms with Crippen LogP contribution in [-0.2, 0) is 24.6 Å². The quantitative estimate of drug-likeness (QED) is 0.221. The van der Waals surface area contributed by atoms with Crippen LogP contribution in [0.2, 0.25) is 0 Å². The highest BCUT2D eigenvalue weighted by atomic mass is 127. The molecule has 9 nitrogen and oxygen atoms in total. The number of fused-ring (bicyclic) bond motifs is 4. The molecule has 1 saturated carbocycles. The van der Waals surface area contributed by atoms with E-state index in [0.29, 0.717) is 25.2 Å². The number of carbonyl (C=O) groups is 5. The lowest BCUT2D eigenvalue weighted by Crippen LogP contribution is -2.58. The van der Waals surface area contributed by atoms with Crippen LogP contribution in [0.3, 0.4) is 0 Å². The van der Waals surface area contributed by atoms with Crippen molar-refractivity contribution in [1.82, 2.24) is 4.90 Å². The number of likely N-dealkylation sites (tertiary alicyclic amines) is 1. The first-order valence-corrected chi connectivity index (χ1v) is 16.0. The maximum Gasteiger partial charge on any atom is 0.328 e. The molecule has 232 valence electrons. The summed E-state index contributed by atoms with van der Waals surface area (Å²) < 4.78 is 6.01. The highest BCUT2D eigenvalue weighted by Gasteiger charge is 2.66. The Hall–Kier alpha value is -4.58. The summed E-state index contributed by atoms with van der Waals surface area (Å²) in [6.45, 7) is 0. The van der Waals surface area contributed by atoms with Crippen molar-refractivity contribution in [3.8, 4) is 11.5 Å². The number of primary amides is 1. The van der Waals surface area contributed by atoms with Crippen molar-refractivity contribution in [2.45, 2.75) is 24.2 Å². The topological polar surface area (TPSA) is 144 Å². The number of carbonyl (C=O) groups excluding carboxylic acids is 5. The number of methoxy groups -OCH3 is 1. The van der Waals surface area contributed by atoms with Gasteiger partial charge in [0, 0.05) is 17.4 Å². The Kier molecular flexibility index (Phi) is 7.22. The van der Waals surface area contributed by atoms with E-state index in [-0.39, 0.29) is 41.5 Å². The number of phenols is 1. The van der Waals surface area contributed by atoms with Crippen LogP contribution in [0.5, 0.6) is 11.5 Å². The SMILES string of the molecule is COc1cc(C2C3=CCC4C(=O)N(C(N)=O)C(=O)C4C3CC3C(=O)C(c4ccccc4)=CC(=O)C32c2ccccc2)cc(I)c1O. The highest BCUT2D eigenvalue weighted by molar-refractivity contribution is 14.1. The molecule has 3 aliphatic carbocycles. The van der Waals surface area contributed by atoms with Gasteiger partial charge in [-0.3, -0.25) is 19.2 Å². The number of urea groups is 1. The number of benzene rings is 3. The Morgan fingerprint density at radius 3 is 2.30 bits per heavy atom. The summed E-state index contributed by atoms with van der Waals surface area (Å²) >= 11 is 2.00. The molecule has 3 aromatic carbocycles. The number of hydrogen-bond donors (Lipinski definition) is 2. The molecule has 1 aliphatic heterocycles. The van der Waals surface area contributed by atoms with Crippen LogP contribution in [0.1, 0.15) is 35.4 Å². The van der Waals surface area contributed by atoms with Crippen molar-refractivity contribution in [3.63, 3.8) is 0 Å². The minimum absolute atomic E-state index is 0.0619. The second kappa shape index (κ2) is 11.0. The third kappa shape index (κ3) is 4.15. The summed E-state index contributed by atoms with van der Waals surface area (Å²) in [5, 5.41) is 10.8. The first kappa shape index (κ1) is 30.1. The molecule has 10 heteroatoms. The van der Waals surface area contributed by atoms with Crippen molar-refractivity contribution in [2.75, 3.05) is 7.11 Å². The molecule has 6 atom stereocenters. The number of nitrogens with zero attached hydrogens (tertiary/aromatic N) is 1. The normalized spacial score (nSPS) is 28.6. The Balaban J connectivity index is 1.54. The summed E-state index contributed by atoms with van der Waals surface area (Å²) in [6.07, 6.45) is 3.61. The number of imide groups is 3. The molecule has 1 heterocycles. The summed E-state index contributed by atoms with van der Waals surface area (Å²) in [4.78, 5) is 69.7. The first-order valence-electron chi connectivity index (χ1n) is 15.0. The number of hydrogen-bond acceptors (Lipinski definition) is 7. The average Bonchev–Trinajstić information content (AvgIpc) is 3.33. The number of nitrogens with two attached hydrogens (primary N) is 1. The predicted molar refractivity (Wildman–Crippen MR) is 175 cm³/mol. The zero-order valence-electron chi connectivity index (χ0n) is 24.7. The molecule has 0 radical (unpaired) electrons. The number of rotatable bonds is 4. The minimum Gasteiger partial charge on any atom is -0.504 e. The lowest BCUT2D eigenvalue weighted by Gasteiger charge is -2.55. The van der Waals surface area contributed by atoms with Gasteiger partial charge in [-0.15, -0.1) is 0 Å². The Labute approximate surface area is 278 Å². The molecule has 6 unspecified atom stereocenters. The molecule has 1 saturated heterocycles. The molecular weight excluding hydrogens is 699 g/mol. The van der Waals surface area contributed by atoms with Gasteiger partial charge in [0.25, 0.3) is 0 Å². The van der Waals surface area contributed by atoms with E-state index in [2.05, 4.69) is 0 Å². The van der Waals surface area contributed by atoms with Gasteiger partial charge < -0.3 is 15.6 Å². The maximum atomic E-state index is 15.0. The highest BCUT2D eigenvalue weighted by Crippen LogP contribution is 2.64. The van der Waals surface area contributed by atoms with Crippen molar-refractivity contribution >= 4 is 57.6 Å². The van der Waals surface area contributed by atoms with E-state index in [1.165, 1.54) is 13.2 Å². The van der Waals surface area contributed by atoms with Gasteiger partial charge in [-0.2, -0.15) is 4.90 Å². The molecular formula is C36H29IN2O7. The third-order valence-corrected chi connectivity index (χ3v) is 11.0. The van der Waals surface area contributed by atoms with E-state index in [9.17, 15) is 24.3 Å². The maximum absolute atomic E-state index is 15.0. The van der Waals surface area contributed by atoms with E-state index in [1.807, 2.05) is 65.1 Å². The molecule has 4 aliphatic rings. The van der Waals surface area contributed by atoms with Gasteiger partial charge in [-0.05, 0) is 76.2 Å². The van der Waals surface area contributed by atoms with E-state index in [1.54, 1.807) is 36.4 Å². The van der Waals surface area contributed by atoms with Gasteiger partial charge in [-0.1, -0.05) is 72.3 Å². The van der Waals surface area contributed by atoms with E-state index in [4.69, 9.17) is 10.5 Å². The van der Waals surface area contributed by atoms with E-state index < -0.39 is 52.8 Å². The largest absolute Gasteiger partial charge is 0.504 e. The van der Waals surface area contributed by atoms with Crippen LogP contribution in [0, 0.1) is 27.2 Å². The van der Waals surface area contributed by atoms with Crippen LogP contribution < -0.4 is 10.5 Å². The lowest BCUT2D eigenvalue weighted by molar-refractivity contribution is -0.137. The minimum atomic E-state index is -1.42. The number of halogens is 1. The van der Waals surface area contributed by atoms with Gasteiger partial charge in [0.2, 0.25) is 11.8 Å². The average molecular weight is 729 g/mol. The zero-order chi connectivity index (χ0) is 32.5. The van der Waals surface area contributed by atoms with Crippen LogP contribution >= 0.6 is 22.6 Å². The van der Waals surface area contributed by atoms with Gasteiger partial charge in [0.15, 0.2) is 23.1 Å². The molecule has 46 heavy (non-hydrogen) atoms. The zero-order valence-corrected chi connectivity index (χ0v) is 26.8. The van der Waals surface area contributed by atoms with Gasteiger partial charge >= 0.3 is 6.03 Å². The van der Waals surface area contributed by atoms with Crippen molar-refractivity contribution in [1.29, 1.82) is 0 Å². The van der Waals surface area contributed by atoms with Gasteiger partial charge in [0.1, 0.15) is 0 Å². The summed E-state index contributed by atoms with van der Waals surface area (Å²) in [6, 6.07) is 20.5. The second-order valence-corrected chi connectivity index (χ2v) is 13.4. The number of ether oxygens (including phenoxy) is 1. The molecule has 2 fully saturated rings. The second-order valence-electron chi connectivity index (χ2n) is 12.2. The number of amides is 4. The summed E-state index contributed by atoms with van der Waals surface area (Å²) in [7, 11) is 1.43. The molecule has 0 bridgehead atoms. The fraction of sp³-hybridized carbons (Fsp3) is 0.250. The third-order valence-electron chi connectivity index (χ3n) is 10.2. The van der Waals surface area contributed by atoms with E-state index >= 15 is 4.79 Å². The fourth-order valence-electron chi connectivity index (χ4n) is 8.38. The molecule has 7 rings (SSSR count). The van der Waals surface area contributed by atoms with Gasteiger partial charge in [0.05, 0.1) is 27.9 Å². The van der Waals surface area contributed by atoms with Crippen molar-refractivity contribution in [2.24, 2.45) is 29.4 Å². The van der Waals surface area contributed by atoms with Crippen LogP contribution in [-0.4, -0.2) is 46.5 Å². The molecule has 3 aromatic rings. The smallest absolute Gasteiger partial charge is 0.328 e. The standard InChI is InChI=1S/C36H29IN2O7/c1-46-27-15-19(14-26(37)32(27)42)30-21-12-13-22-29(34(44)39(33(22)43)35(38)45)24(21)16-25-31(41)23(18-8-4-2-5-9-18)17-28(40)36(25,30)20-10-6-3-7-11-20/h2-12,14-15,17,22,24-25,29-30,42H,13,16H2,1H3,(H2,38,45). The number of allylic oxidation sites excluding steroid dienone is 4.